The van der Waals surface area contributed by atoms with Crippen LogP contribution in [0.2, 0.25) is 0 Å². The second-order valence-electron chi connectivity index (χ2n) is 10.1. The molecule has 1 aromatic heterocycles. The quantitative estimate of drug-likeness (QED) is 0.360. The molecule has 2 aromatic carbocycles. The maximum atomic E-state index is 13.1. The van der Waals surface area contributed by atoms with Crippen molar-refractivity contribution in [3.8, 4) is 5.75 Å². The van der Waals surface area contributed by atoms with E-state index < -0.39 is 6.10 Å². The highest BCUT2D eigenvalue weighted by atomic mass is 32.1. The molecular weight excluding hydrogens is 482 g/mol. The lowest BCUT2D eigenvalue weighted by Gasteiger charge is -2.30. The Morgan fingerprint density at radius 2 is 1.68 bits per heavy atom. The fourth-order valence-corrected chi connectivity index (χ4v) is 6.45. The molecule has 1 amide bonds. The summed E-state index contributed by atoms with van der Waals surface area (Å²) in [6, 6.07) is 17.5. The van der Waals surface area contributed by atoms with Gasteiger partial charge in [-0.25, -0.2) is 4.98 Å². The minimum atomic E-state index is -0.452. The molecule has 5 rings (SSSR count). The predicted octanol–water partition coefficient (Wildman–Crippen LogP) is 6.70. The van der Waals surface area contributed by atoms with E-state index in [0.29, 0.717) is 11.6 Å². The largest absolute Gasteiger partial charge is 0.483 e. The zero-order valence-corrected chi connectivity index (χ0v) is 22.2. The monoisotopic (exact) mass is 517 g/mol. The third-order valence-electron chi connectivity index (χ3n) is 7.54. The van der Waals surface area contributed by atoms with Gasteiger partial charge in [-0.3, -0.25) is 9.59 Å². The van der Waals surface area contributed by atoms with Gasteiger partial charge < -0.3 is 15.0 Å². The van der Waals surface area contributed by atoms with E-state index in [2.05, 4.69) is 16.3 Å². The molecule has 3 aromatic rings. The van der Waals surface area contributed by atoms with Crippen LogP contribution in [0.1, 0.15) is 73.3 Å². The van der Waals surface area contributed by atoms with Crippen LogP contribution in [0.25, 0.3) is 0 Å². The van der Waals surface area contributed by atoms with Crippen LogP contribution in [0.4, 0.5) is 11.4 Å². The normalized spacial score (nSPS) is 20.7. The molecule has 2 fully saturated rings. The van der Waals surface area contributed by atoms with Gasteiger partial charge in [-0.1, -0.05) is 30.3 Å². The Morgan fingerprint density at radius 1 is 0.973 bits per heavy atom. The number of carbonyl (C=O) groups excluding carboxylic acids is 2. The molecule has 1 N–H and O–H groups in total. The fraction of sp³-hybridized carbons (Fsp3) is 0.433. The number of anilines is 2. The van der Waals surface area contributed by atoms with E-state index in [-0.39, 0.29) is 17.6 Å². The van der Waals surface area contributed by atoms with Crippen LogP contribution < -0.4 is 15.0 Å². The van der Waals surface area contributed by atoms with Gasteiger partial charge in [-0.05, 0) is 76.1 Å². The fourth-order valence-electron chi connectivity index (χ4n) is 5.47. The van der Waals surface area contributed by atoms with Gasteiger partial charge in [0.1, 0.15) is 11.4 Å². The maximum Gasteiger partial charge on any atom is 0.275 e. The molecular formula is C30H35N3O3S. The number of nitrogens with zero attached hydrogens (tertiary/aromatic N) is 2. The number of amides is 1. The Balaban J connectivity index is 1.16. The molecule has 2 aliphatic rings. The SMILES string of the molecule is CC(Oc1ccccc1)C(=O)C1CCC(c2nc(C(=O)Nc3ccccc3N3CCCCC3)cs2)CC1. The van der Waals surface area contributed by atoms with Gasteiger partial charge in [0.05, 0.1) is 16.4 Å². The minimum Gasteiger partial charge on any atom is -0.483 e. The highest BCUT2D eigenvalue weighted by Crippen LogP contribution is 2.38. The summed E-state index contributed by atoms with van der Waals surface area (Å²) in [4.78, 5) is 33.1. The molecule has 6 nitrogen and oxygen atoms in total. The van der Waals surface area contributed by atoms with E-state index >= 15 is 0 Å². The maximum absolute atomic E-state index is 13.1. The Morgan fingerprint density at radius 3 is 2.43 bits per heavy atom. The molecule has 1 aliphatic carbocycles. The smallest absolute Gasteiger partial charge is 0.275 e. The van der Waals surface area contributed by atoms with Crippen molar-refractivity contribution in [2.45, 2.75) is 63.9 Å². The van der Waals surface area contributed by atoms with E-state index in [1.807, 2.05) is 60.8 Å². The molecule has 7 heteroatoms. The summed E-state index contributed by atoms with van der Waals surface area (Å²) in [6.07, 6.45) is 6.65. The summed E-state index contributed by atoms with van der Waals surface area (Å²) >= 11 is 1.55. The highest BCUT2D eigenvalue weighted by molar-refractivity contribution is 7.10. The number of rotatable bonds is 8. The molecule has 1 saturated heterocycles. The van der Waals surface area contributed by atoms with Gasteiger partial charge >= 0.3 is 0 Å². The summed E-state index contributed by atoms with van der Waals surface area (Å²) in [5.41, 5.74) is 2.39. The van der Waals surface area contributed by atoms with Crippen molar-refractivity contribution in [1.29, 1.82) is 0 Å². The lowest BCUT2D eigenvalue weighted by Crippen LogP contribution is -2.32. The van der Waals surface area contributed by atoms with Gasteiger partial charge in [0.25, 0.3) is 5.91 Å². The molecule has 1 aliphatic heterocycles. The van der Waals surface area contributed by atoms with E-state index in [0.717, 1.165) is 60.9 Å². The minimum absolute atomic E-state index is 0.0176. The third-order valence-corrected chi connectivity index (χ3v) is 8.55. The molecule has 1 atom stereocenters. The summed E-state index contributed by atoms with van der Waals surface area (Å²) in [6.45, 7) is 3.89. The number of para-hydroxylation sites is 3. The Hall–Kier alpha value is -3.19. The first-order valence-electron chi connectivity index (χ1n) is 13.4. The van der Waals surface area contributed by atoms with E-state index in [4.69, 9.17) is 9.72 Å². The zero-order chi connectivity index (χ0) is 25.6. The number of benzene rings is 2. The number of aromatic nitrogens is 1. The molecule has 1 unspecified atom stereocenters. The van der Waals surface area contributed by atoms with Gasteiger partial charge in [-0.2, -0.15) is 0 Å². The number of hydrogen-bond donors (Lipinski definition) is 1. The standard InChI is InChI=1S/C30H35N3O3S/c1-21(36-24-10-4-2-5-11-24)28(34)22-14-16-23(17-15-22)30-32-26(20-37-30)29(35)31-25-12-6-7-13-27(25)33-18-8-3-9-19-33/h2,4-7,10-13,20-23H,3,8-9,14-19H2,1H3,(H,31,35). The van der Waals surface area contributed by atoms with E-state index in [9.17, 15) is 9.59 Å². The van der Waals surface area contributed by atoms with Crippen molar-refractivity contribution >= 4 is 34.4 Å². The van der Waals surface area contributed by atoms with Gasteiger partial charge in [-0.15, -0.1) is 11.3 Å². The summed E-state index contributed by atoms with van der Waals surface area (Å²) in [7, 11) is 0. The number of carbonyl (C=O) groups is 2. The predicted molar refractivity (Wildman–Crippen MR) is 149 cm³/mol. The average molecular weight is 518 g/mol. The van der Waals surface area contributed by atoms with Gasteiger partial charge in [0, 0.05) is 30.3 Å². The topological polar surface area (TPSA) is 71.5 Å². The van der Waals surface area contributed by atoms with Crippen LogP contribution in [0.3, 0.4) is 0 Å². The third kappa shape index (κ3) is 6.21. The Labute approximate surface area is 223 Å². The number of hydrogen-bond acceptors (Lipinski definition) is 6. The van der Waals surface area contributed by atoms with Crippen molar-refractivity contribution in [2.24, 2.45) is 5.92 Å². The summed E-state index contributed by atoms with van der Waals surface area (Å²) in [5.74, 6) is 1.05. The lowest BCUT2D eigenvalue weighted by atomic mass is 9.79. The highest BCUT2D eigenvalue weighted by Gasteiger charge is 2.32. The number of nitrogens with one attached hydrogen (secondary N) is 1. The number of Topliss-reactive ketones (excluding diaryl/α,β-unsaturated/α-hetero) is 1. The van der Waals surface area contributed by atoms with E-state index in [1.165, 1.54) is 19.3 Å². The van der Waals surface area contributed by atoms with Crippen molar-refractivity contribution in [3.05, 3.63) is 70.7 Å². The Bertz CT molecular complexity index is 1200. The summed E-state index contributed by atoms with van der Waals surface area (Å²) < 4.78 is 5.86. The van der Waals surface area contributed by atoms with Crippen LogP contribution in [-0.2, 0) is 4.79 Å². The van der Waals surface area contributed by atoms with Crippen molar-refractivity contribution in [2.75, 3.05) is 23.3 Å². The second kappa shape index (κ2) is 11.9. The number of ketones is 1. The molecule has 0 spiro atoms. The first-order chi connectivity index (χ1) is 18.1. The molecule has 194 valence electrons. The van der Waals surface area contributed by atoms with Crippen LogP contribution in [0.15, 0.2) is 60.0 Å². The zero-order valence-electron chi connectivity index (χ0n) is 21.4. The molecule has 0 bridgehead atoms. The number of ether oxygens (including phenoxy) is 1. The van der Waals surface area contributed by atoms with Crippen molar-refractivity contribution in [1.82, 2.24) is 4.98 Å². The molecule has 2 heterocycles. The van der Waals surface area contributed by atoms with Gasteiger partial charge in [0.15, 0.2) is 11.9 Å². The van der Waals surface area contributed by atoms with Crippen LogP contribution in [0, 0.1) is 5.92 Å². The first-order valence-corrected chi connectivity index (χ1v) is 14.3. The number of thiazole rings is 1. The molecule has 37 heavy (non-hydrogen) atoms. The lowest BCUT2D eigenvalue weighted by molar-refractivity contribution is -0.130. The Kier molecular flexibility index (Phi) is 8.19. The van der Waals surface area contributed by atoms with Crippen LogP contribution in [-0.4, -0.2) is 35.9 Å². The van der Waals surface area contributed by atoms with Crippen LogP contribution in [0.5, 0.6) is 5.75 Å². The van der Waals surface area contributed by atoms with Crippen molar-refractivity contribution in [3.63, 3.8) is 0 Å². The van der Waals surface area contributed by atoms with Crippen molar-refractivity contribution < 1.29 is 14.3 Å². The van der Waals surface area contributed by atoms with Crippen LogP contribution >= 0.6 is 11.3 Å². The van der Waals surface area contributed by atoms with Gasteiger partial charge in [0.2, 0.25) is 0 Å². The molecule has 0 radical (unpaired) electrons. The average Bonchev–Trinajstić information content (AvgIpc) is 3.45. The summed E-state index contributed by atoms with van der Waals surface area (Å²) in [5, 5.41) is 5.96. The first kappa shape index (κ1) is 25.5. The number of piperidine rings is 1. The second-order valence-corrected chi connectivity index (χ2v) is 11.0. The molecule has 1 saturated carbocycles. The van der Waals surface area contributed by atoms with E-state index in [1.54, 1.807) is 11.3 Å².